The summed E-state index contributed by atoms with van der Waals surface area (Å²) in [6, 6.07) is 4.06. The highest BCUT2D eigenvalue weighted by Gasteiger charge is 2.29. The van der Waals surface area contributed by atoms with Crippen LogP contribution in [0.15, 0.2) is 12.1 Å². The smallest absolute Gasteiger partial charge is 0.225 e. The maximum Gasteiger partial charge on any atom is 0.225 e. The van der Waals surface area contributed by atoms with E-state index in [2.05, 4.69) is 20.0 Å². The van der Waals surface area contributed by atoms with Crippen LogP contribution in [0.5, 0.6) is 0 Å². The van der Waals surface area contributed by atoms with Crippen LogP contribution in [0.4, 0.5) is 5.82 Å². The fraction of sp³-hybridized carbons (Fsp3) is 0.700. The third kappa shape index (κ3) is 3.17. The molecule has 7 heteroatoms. The lowest BCUT2D eigenvalue weighted by Crippen LogP contribution is -2.38. The van der Waals surface area contributed by atoms with Crippen molar-refractivity contribution in [1.29, 1.82) is 0 Å². The molecule has 1 saturated heterocycles. The first-order valence-corrected chi connectivity index (χ1v) is 10.6. The molecule has 2 saturated carbocycles. The lowest BCUT2D eigenvalue weighted by molar-refractivity contribution is -0.135. The van der Waals surface area contributed by atoms with Gasteiger partial charge in [0.25, 0.3) is 0 Å². The highest BCUT2D eigenvalue weighted by atomic mass is 16.2. The van der Waals surface area contributed by atoms with Gasteiger partial charge in [-0.05, 0) is 44.2 Å². The van der Waals surface area contributed by atoms with E-state index in [1.165, 1.54) is 32.1 Å². The van der Waals surface area contributed by atoms with E-state index in [0.29, 0.717) is 11.8 Å². The standard InChI is InChI=1S/C20H28N6O/c27-20(16-5-1-2-6-16)25-12-4-11-24(13-14-25)18-10-9-17-21-22-19(26(17)23-18)15-7-3-8-15/h9-10,15-16H,1-8,11-14H2. The van der Waals surface area contributed by atoms with Gasteiger partial charge < -0.3 is 9.80 Å². The van der Waals surface area contributed by atoms with Crippen molar-refractivity contribution in [2.24, 2.45) is 5.92 Å². The number of carbonyl (C=O) groups excluding carboxylic acids is 1. The minimum Gasteiger partial charge on any atom is -0.353 e. The van der Waals surface area contributed by atoms with Gasteiger partial charge in [0.2, 0.25) is 5.91 Å². The summed E-state index contributed by atoms with van der Waals surface area (Å²) in [7, 11) is 0. The molecule has 0 radical (unpaired) electrons. The third-order valence-electron chi connectivity index (χ3n) is 6.58. The zero-order valence-corrected chi connectivity index (χ0v) is 15.9. The second-order valence-corrected chi connectivity index (χ2v) is 8.29. The average molecular weight is 368 g/mol. The van der Waals surface area contributed by atoms with Crippen molar-refractivity contribution in [3.63, 3.8) is 0 Å². The van der Waals surface area contributed by atoms with Crippen molar-refractivity contribution in [3.8, 4) is 0 Å². The molecule has 2 aromatic rings. The van der Waals surface area contributed by atoms with Crippen LogP contribution in [0, 0.1) is 5.92 Å². The summed E-state index contributed by atoms with van der Waals surface area (Å²) in [6.45, 7) is 3.45. The van der Waals surface area contributed by atoms with Crippen LogP contribution < -0.4 is 4.90 Å². The Balaban J connectivity index is 1.32. The predicted molar refractivity (Wildman–Crippen MR) is 103 cm³/mol. The van der Waals surface area contributed by atoms with Gasteiger partial charge in [-0.3, -0.25) is 4.79 Å². The van der Waals surface area contributed by atoms with Gasteiger partial charge in [0.15, 0.2) is 11.5 Å². The van der Waals surface area contributed by atoms with Gasteiger partial charge in [-0.1, -0.05) is 19.3 Å². The third-order valence-corrected chi connectivity index (χ3v) is 6.58. The summed E-state index contributed by atoms with van der Waals surface area (Å²) in [5, 5.41) is 13.5. The van der Waals surface area contributed by atoms with E-state index in [1.54, 1.807) is 0 Å². The van der Waals surface area contributed by atoms with E-state index in [0.717, 1.165) is 62.7 Å². The highest BCUT2D eigenvalue weighted by molar-refractivity contribution is 5.79. The highest BCUT2D eigenvalue weighted by Crippen LogP contribution is 2.35. The number of hydrogen-bond donors (Lipinski definition) is 0. The largest absolute Gasteiger partial charge is 0.353 e. The van der Waals surface area contributed by atoms with Crippen LogP contribution in [0.1, 0.15) is 63.1 Å². The zero-order valence-electron chi connectivity index (χ0n) is 15.9. The molecule has 3 aliphatic rings. The average Bonchev–Trinajstić information content (AvgIpc) is 3.25. The minimum atomic E-state index is 0.271. The van der Waals surface area contributed by atoms with Crippen LogP contribution in [0.25, 0.3) is 5.65 Å². The van der Waals surface area contributed by atoms with Crippen molar-refractivity contribution >= 4 is 17.4 Å². The molecule has 0 spiro atoms. The van der Waals surface area contributed by atoms with Crippen molar-refractivity contribution < 1.29 is 4.79 Å². The fourth-order valence-corrected chi connectivity index (χ4v) is 4.68. The molecule has 1 aliphatic heterocycles. The lowest BCUT2D eigenvalue weighted by Gasteiger charge is -2.25. The molecule has 0 bridgehead atoms. The first-order valence-electron chi connectivity index (χ1n) is 10.6. The summed E-state index contributed by atoms with van der Waals surface area (Å²) < 4.78 is 1.94. The van der Waals surface area contributed by atoms with Crippen molar-refractivity contribution in [2.45, 2.75) is 57.3 Å². The summed E-state index contributed by atoms with van der Waals surface area (Å²) in [4.78, 5) is 17.2. The molecule has 144 valence electrons. The molecule has 5 rings (SSSR count). The molecule has 2 aromatic heterocycles. The monoisotopic (exact) mass is 368 g/mol. The van der Waals surface area contributed by atoms with Crippen LogP contribution >= 0.6 is 0 Å². The van der Waals surface area contributed by atoms with Gasteiger partial charge in [-0.2, -0.15) is 4.52 Å². The molecule has 27 heavy (non-hydrogen) atoms. The summed E-state index contributed by atoms with van der Waals surface area (Å²) in [6.07, 6.45) is 9.23. The van der Waals surface area contributed by atoms with Crippen molar-refractivity contribution in [1.82, 2.24) is 24.7 Å². The molecule has 7 nitrogen and oxygen atoms in total. The zero-order chi connectivity index (χ0) is 18.2. The topological polar surface area (TPSA) is 66.6 Å². The number of rotatable bonds is 3. The van der Waals surface area contributed by atoms with Crippen LogP contribution in [-0.4, -0.2) is 56.8 Å². The summed E-state index contributed by atoms with van der Waals surface area (Å²) in [5.41, 5.74) is 0.827. The summed E-state index contributed by atoms with van der Waals surface area (Å²) >= 11 is 0. The van der Waals surface area contributed by atoms with E-state index in [1.807, 2.05) is 16.6 Å². The molecule has 1 amide bonds. The van der Waals surface area contributed by atoms with E-state index in [9.17, 15) is 4.79 Å². The van der Waals surface area contributed by atoms with Gasteiger partial charge in [-0.25, -0.2) is 0 Å². The van der Waals surface area contributed by atoms with Gasteiger partial charge in [0.05, 0.1) is 0 Å². The SMILES string of the molecule is O=C(C1CCCC1)N1CCCN(c2ccc3nnc(C4CCC4)n3n2)CC1. The Bertz CT molecular complexity index is 823. The minimum absolute atomic E-state index is 0.271. The normalized spacial score (nSPS) is 22.2. The Morgan fingerprint density at radius 1 is 0.889 bits per heavy atom. The van der Waals surface area contributed by atoms with E-state index in [-0.39, 0.29) is 5.92 Å². The van der Waals surface area contributed by atoms with Crippen LogP contribution in [0.3, 0.4) is 0 Å². The fourth-order valence-electron chi connectivity index (χ4n) is 4.68. The number of hydrogen-bond acceptors (Lipinski definition) is 5. The van der Waals surface area contributed by atoms with E-state index >= 15 is 0 Å². The molecule has 2 aliphatic carbocycles. The van der Waals surface area contributed by atoms with Crippen LogP contribution in [-0.2, 0) is 4.79 Å². The Morgan fingerprint density at radius 2 is 1.74 bits per heavy atom. The number of carbonyl (C=O) groups is 1. The first-order chi connectivity index (χ1) is 13.3. The van der Waals surface area contributed by atoms with Crippen molar-refractivity contribution in [3.05, 3.63) is 18.0 Å². The van der Waals surface area contributed by atoms with Gasteiger partial charge >= 0.3 is 0 Å². The van der Waals surface area contributed by atoms with E-state index in [4.69, 9.17) is 5.10 Å². The van der Waals surface area contributed by atoms with Gasteiger partial charge in [-0.15, -0.1) is 15.3 Å². The lowest BCUT2D eigenvalue weighted by atomic mass is 9.85. The Hall–Kier alpha value is -2.18. The maximum atomic E-state index is 12.8. The Morgan fingerprint density at radius 3 is 2.52 bits per heavy atom. The summed E-state index contributed by atoms with van der Waals surface area (Å²) in [5.74, 6) is 3.13. The van der Waals surface area contributed by atoms with Crippen LogP contribution in [0.2, 0.25) is 0 Å². The van der Waals surface area contributed by atoms with Gasteiger partial charge in [0.1, 0.15) is 5.82 Å². The molecule has 0 aromatic carbocycles. The molecular weight excluding hydrogens is 340 g/mol. The van der Waals surface area contributed by atoms with E-state index < -0.39 is 0 Å². The predicted octanol–water partition coefficient (Wildman–Crippen LogP) is 2.62. The number of aromatic nitrogens is 4. The molecular formula is C20H28N6O. The second kappa shape index (κ2) is 7.09. The molecule has 3 fully saturated rings. The molecule has 0 atom stereocenters. The number of anilines is 1. The first kappa shape index (κ1) is 17.0. The molecule has 0 unspecified atom stereocenters. The molecule has 3 heterocycles. The Kier molecular flexibility index (Phi) is 4.45. The number of nitrogens with zero attached hydrogens (tertiary/aromatic N) is 6. The van der Waals surface area contributed by atoms with Gasteiger partial charge in [0, 0.05) is 38.0 Å². The second-order valence-electron chi connectivity index (χ2n) is 8.29. The number of amides is 1. The Labute approximate surface area is 159 Å². The maximum absolute atomic E-state index is 12.8. The molecule has 0 N–H and O–H groups in total. The van der Waals surface area contributed by atoms with Crippen molar-refractivity contribution in [2.75, 3.05) is 31.1 Å². The number of fused-ring (bicyclic) bond motifs is 1. The quantitative estimate of drug-likeness (QED) is 0.833.